The Balaban J connectivity index is 1.56. The average molecular weight is 332 g/mol. The summed E-state index contributed by atoms with van der Waals surface area (Å²) < 4.78 is 4.66. The van der Waals surface area contributed by atoms with Crippen LogP contribution in [0.1, 0.15) is 49.0 Å². The van der Waals surface area contributed by atoms with Crippen LogP contribution in [-0.4, -0.2) is 61.4 Å². The Labute approximate surface area is 144 Å². The van der Waals surface area contributed by atoms with Crippen molar-refractivity contribution in [1.82, 2.24) is 15.1 Å². The van der Waals surface area contributed by atoms with Crippen LogP contribution in [0.4, 0.5) is 5.82 Å². The van der Waals surface area contributed by atoms with Crippen LogP contribution < -0.4 is 4.90 Å². The highest BCUT2D eigenvalue weighted by molar-refractivity contribution is 5.86. The van der Waals surface area contributed by atoms with Crippen LogP contribution >= 0.6 is 0 Å². The molecule has 1 aromatic heterocycles. The second kappa shape index (κ2) is 7.05. The first-order valence-electron chi connectivity index (χ1n) is 8.86. The molecule has 1 spiro atoms. The number of esters is 1. The van der Waals surface area contributed by atoms with Gasteiger partial charge in [-0.1, -0.05) is 0 Å². The summed E-state index contributed by atoms with van der Waals surface area (Å²) in [5, 5.41) is 8.19. The fourth-order valence-corrected chi connectivity index (χ4v) is 4.15. The molecule has 3 rings (SSSR count). The molecule has 24 heavy (non-hydrogen) atoms. The molecule has 1 aliphatic carbocycles. The first kappa shape index (κ1) is 17.1. The number of ether oxygens (including phenoxy) is 1. The van der Waals surface area contributed by atoms with Gasteiger partial charge in [0.15, 0.2) is 11.5 Å². The maximum atomic E-state index is 11.4. The Kier molecular flexibility index (Phi) is 5.04. The third-order valence-corrected chi connectivity index (χ3v) is 5.94. The zero-order valence-corrected chi connectivity index (χ0v) is 15.0. The minimum Gasteiger partial charge on any atom is -0.464 e. The lowest BCUT2D eigenvalue weighted by Gasteiger charge is -2.47. The Morgan fingerprint density at radius 3 is 2.33 bits per heavy atom. The van der Waals surface area contributed by atoms with Crippen LogP contribution in [0.15, 0.2) is 12.1 Å². The maximum absolute atomic E-state index is 11.4. The average Bonchev–Trinajstić information content (AvgIpc) is 2.62. The molecule has 0 amide bonds. The summed E-state index contributed by atoms with van der Waals surface area (Å²) in [4.78, 5) is 16.1. The molecule has 0 aromatic carbocycles. The Hall–Kier alpha value is -1.69. The normalized spacial score (nSPS) is 21.2. The number of methoxy groups -OCH3 is 1. The molecular formula is C18H28N4O2. The van der Waals surface area contributed by atoms with Gasteiger partial charge in [-0.3, -0.25) is 0 Å². The van der Waals surface area contributed by atoms with Crippen LogP contribution in [0.2, 0.25) is 0 Å². The smallest absolute Gasteiger partial charge is 0.358 e. The predicted molar refractivity (Wildman–Crippen MR) is 93.2 cm³/mol. The van der Waals surface area contributed by atoms with Gasteiger partial charge in [-0.2, -0.15) is 0 Å². The second-order valence-corrected chi connectivity index (χ2v) is 7.45. The molecule has 2 heterocycles. The van der Waals surface area contributed by atoms with Crippen molar-refractivity contribution in [3.05, 3.63) is 17.8 Å². The van der Waals surface area contributed by atoms with E-state index >= 15 is 0 Å². The molecule has 0 radical (unpaired) electrons. The van der Waals surface area contributed by atoms with Gasteiger partial charge >= 0.3 is 5.97 Å². The standard InChI is InChI=1S/C18H28N4O2/c1-21(2)14-6-8-18(9-7-14)10-12-22(13-11-18)16-5-4-15(19-20-16)17(23)24-3/h4-5,14H,6-13H2,1-3H3. The molecule has 1 saturated carbocycles. The van der Waals surface area contributed by atoms with Crippen LogP contribution in [0.5, 0.6) is 0 Å². The number of piperidine rings is 1. The minimum absolute atomic E-state index is 0.261. The quantitative estimate of drug-likeness (QED) is 0.792. The highest BCUT2D eigenvalue weighted by atomic mass is 16.5. The predicted octanol–water partition coefficient (Wildman–Crippen LogP) is 2.35. The SMILES string of the molecule is COC(=O)c1ccc(N2CCC3(CCC(N(C)C)CC3)CC2)nn1. The number of nitrogens with zero attached hydrogens (tertiary/aromatic N) is 4. The third-order valence-electron chi connectivity index (χ3n) is 5.94. The number of rotatable bonds is 3. The Morgan fingerprint density at radius 2 is 1.83 bits per heavy atom. The molecule has 0 bridgehead atoms. The molecule has 1 aliphatic heterocycles. The van der Waals surface area contributed by atoms with Crippen LogP contribution in [0, 0.1) is 5.41 Å². The summed E-state index contributed by atoms with van der Waals surface area (Å²) >= 11 is 0. The highest BCUT2D eigenvalue weighted by Gasteiger charge is 2.38. The number of carbonyl (C=O) groups excluding carboxylic acids is 1. The van der Waals surface area contributed by atoms with Gasteiger partial charge in [-0.25, -0.2) is 4.79 Å². The summed E-state index contributed by atoms with van der Waals surface area (Å²) in [6.07, 6.45) is 7.79. The van der Waals surface area contributed by atoms with Crippen molar-refractivity contribution in [3.8, 4) is 0 Å². The van der Waals surface area contributed by atoms with Gasteiger partial charge in [0, 0.05) is 19.1 Å². The summed E-state index contributed by atoms with van der Waals surface area (Å²) in [7, 11) is 5.75. The fraction of sp³-hybridized carbons (Fsp3) is 0.722. The van der Waals surface area contributed by atoms with Crippen molar-refractivity contribution in [2.45, 2.75) is 44.6 Å². The number of aromatic nitrogens is 2. The van der Waals surface area contributed by atoms with Crippen LogP contribution in [-0.2, 0) is 4.74 Å². The maximum Gasteiger partial charge on any atom is 0.358 e. The first-order valence-corrected chi connectivity index (χ1v) is 8.86. The summed E-state index contributed by atoms with van der Waals surface area (Å²) in [5.74, 6) is 0.420. The van der Waals surface area contributed by atoms with Gasteiger partial charge in [0.2, 0.25) is 0 Å². The monoisotopic (exact) mass is 332 g/mol. The van der Waals surface area contributed by atoms with E-state index in [-0.39, 0.29) is 5.69 Å². The zero-order chi connectivity index (χ0) is 17.2. The van der Waals surface area contributed by atoms with E-state index in [2.05, 4.69) is 38.8 Å². The topological polar surface area (TPSA) is 58.6 Å². The van der Waals surface area contributed by atoms with Gasteiger partial charge < -0.3 is 14.5 Å². The van der Waals surface area contributed by atoms with Crippen molar-refractivity contribution >= 4 is 11.8 Å². The van der Waals surface area contributed by atoms with E-state index in [1.54, 1.807) is 6.07 Å². The Morgan fingerprint density at radius 1 is 1.17 bits per heavy atom. The first-order chi connectivity index (χ1) is 11.5. The van der Waals surface area contributed by atoms with E-state index in [0.717, 1.165) is 24.9 Å². The summed E-state index contributed by atoms with van der Waals surface area (Å²) in [5.41, 5.74) is 0.791. The van der Waals surface area contributed by atoms with Gasteiger partial charge in [-0.05, 0) is 70.2 Å². The lowest BCUT2D eigenvalue weighted by atomic mass is 9.67. The molecule has 2 aliphatic rings. The molecule has 0 atom stereocenters. The second-order valence-electron chi connectivity index (χ2n) is 7.45. The highest BCUT2D eigenvalue weighted by Crippen LogP contribution is 2.45. The fourth-order valence-electron chi connectivity index (χ4n) is 4.15. The number of hydrogen-bond acceptors (Lipinski definition) is 6. The minimum atomic E-state index is -0.440. The lowest BCUT2D eigenvalue weighted by Crippen LogP contribution is -2.44. The number of hydrogen-bond donors (Lipinski definition) is 0. The van der Waals surface area contributed by atoms with E-state index in [1.165, 1.54) is 45.6 Å². The van der Waals surface area contributed by atoms with E-state index < -0.39 is 5.97 Å². The van der Waals surface area contributed by atoms with Gasteiger partial charge in [0.05, 0.1) is 7.11 Å². The number of carbonyl (C=O) groups is 1. The van der Waals surface area contributed by atoms with Crippen molar-refractivity contribution < 1.29 is 9.53 Å². The largest absolute Gasteiger partial charge is 0.464 e. The molecule has 0 N–H and O–H groups in total. The molecule has 0 unspecified atom stereocenters. The molecule has 1 aromatic rings. The van der Waals surface area contributed by atoms with E-state index in [4.69, 9.17) is 0 Å². The molecule has 1 saturated heterocycles. The van der Waals surface area contributed by atoms with Crippen molar-refractivity contribution in [2.75, 3.05) is 39.2 Å². The van der Waals surface area contributed by atoms with E-state index in [9.17, 15) is 4.79 Å². The summed E-state index contributed by atoms with van der Waals surface area (Å²) in [6, 6.07) is 4.33. The molecule has 6 nitrogen and oxygen atoms in total. The van der Waals surface area contributed by atoms with E-state index in [1.807, 2.05) is 6.07 Å². The van der Waals surface area contributed by atoms with Crippen molar-refractivity contribution in [3.63, 3.8) is 0 Å². The van der Waals surface area contributed by atoms with Gasteiger partial charge in [-0.15, -0.1) is 10.2 Å². The third kappa shape index (κ3) is 3.53. The van der Waals surface area contributed by atoms with Gasteiger partial charge in [0.1, 0.15) is 0 Å². The summed E-state index contributed by atoms with van der Waals surface area (Å²) in [6.45, 7) is 2.05. The number of anilines is 1. The lowest BCUT2D eigenvalue weighted by molar-refractivity contribution is 0.0592. The molecule has 2 fully saturated rings. The Bertz CT molecular complexity index is 555. The van der Waals surface area contributed by atoms with Crippen LogP contribution in [0.25, 0.3) is 0 Å². The van der Waals surface area contributed by atoms with Crippen molar-refractivity contribution in [2.24, 2.45) is 5.41 Å². The molecule has 132 valence electrons. The molecular weight excluding hydrogens is 304 g/mol. The van der Waals surface area contributed by atoms with Gasteiger partial charge in [0.25, 0.3) is 0 Å². The van der Waals surface area contributed by atoms with Crippen LogP contribution in [0.3, 0.4) is 0 Å². The zero-order valence-electron chi connectivity index (χ0n) is 15.0. The van der Waals surface area contributed by atoms with E-state index in [0.29, 0.717) is 5.41 Å². The van der Waals surface area contributed by atoms with Crippen molar-refractivity contribution in [1.29, 1.82) is 0 Å². The molecule has 6 heteroatoms.